The SMILES string of the molecule is CC(CCC(C)N1CCOCC1)N1CCNCC1. The van der Waals surface area contributed by atoms with Crippen molar-refractivity contribution in [3.05, 3.63) is 0 Å². The predicted molar refractivity (Wildman–Crippen MR) is 75.0 cm³/mol. The summed E-state index contributed by atoms with van der Waals surface area (Å²) in [5.74, 6) is 0. The summed E-state index contributed by atoms with van der Waals surface area (Å²) in [6.07, 6.45) is 2.63. The molecule has 2 fully saturated rings. The second-order valence-corrected chi connectivity index (χ2v) is 5.71. The second kappa shape index (κ2) is 7.43. The maximum absolute atomic E-state index is 5.41. The summed E-state index contributed by atoms with van der Waals surface area (Å²) >= 11 is 0. The quantitative estimate of drug-likeness (QED) is 0.786. The van der Waals surface area contributed by atoms with Gasteiger partial charge in [0.05, 0.1) is 13.2 Å². The summed E-state index contributed by atoms with van der Waals surface area (Å²) in [6, 6.07) is 1.44. The van der Waals surface area contributed by atoms with E-state index in [-0.39, 0.29) is 0 Å². The van der Waals surface area contributed by atoms with Crippen molar-refractivity contribution in [3.63, 3.8) is 0 Å². The van der Waals surface area contributed by atoms with Gasteiger partial charge in [-0.3, -0.25) is 9.80 Å². The van der Waals surface area contributed by atoms with Crippen LogP contribution in [-0.4, -0.2) is 74.4 Å². The topological polar surface area (TPSA) is 27.7 Å². The molecular weight excluding hydrogens is 226 g/mol. The Morgan fingerprint density at radius 1 is 0.889 bits per heavy atom. The lowest BCUT2D eigenvalue weighted by Crippen LogP contribution is -2.48. The summed E-state index contributed by atoms with van der Waals surface area (Å²) in [6.45, 7) is 13.6. The van der Waals surface area contributed by atoms with Crippen molar-refractivity contribution in [2.24, 2.45) is 0 Å². The van der Waals surface area contributed by atoms with E-state index in [1.54, 1.807) is 0 Å². The Bertz CT molecular complexity index is 201. The van der Waals surface area contributed by atoms with Gasteiger partial charge in [-0.2, -0.15) is 0 Å². The van der Waals surface area contributed by atoms with Crippen LogP contribution in [0.5, 0.6) is 0 Å². The van der Waals surface area contributed by atoms with Crippen LogP contribution >= 0.6 is 0 Å². The van der Waals surface area contributed by atoms with Gasteiger partial charge in [-0.05, 0) is 26.7 Å². The third-order valence-electron chi connectivity index (χ3n) is 4.45. The van der Waals surface area contributed by atoms with Crippen LogP contribution in [0.2, 0.25) is 0 Å². The zero-order valence-electron chi connectivity index (χ0n) is 12.0. The second-order valence-electron chi connectivity index (χ2n) is 5.71. The van der Waals surface area contributed by atoms with Crippen molar-refractivity contribution in [1.29, 1.82) is 0 Å². The van der Waals surface area contributed by atoms with Crippen molar-refractivity contribution < 1.29 is 4.74 Å². The van der Waals surface area contributed by atoms with E-state index < -0.39 is 0 Å². The van der Waals surface area contributed by atoms with Crippen molar-refractivity contribution in [2.45, 2.75) is 38.8 Å². The molecule has 2 saturated heterocycles. The van der Waals surface area contributed by atoms with Gasteiger partial charge in [0.1, 0.15) is 0 Å². The molecule has 0 aliphatic carbocycles. The van der Waals surface area contributed by atoms with Crippen LogP contribution in [0.15, 0.2) is 0 Å². The van der Waals surface area contributed by atoms with Crippen LogP contribution in [0.25, 0.3) is 0 Å². The van der Waals surface area contributed by atoms with E-state index in [1.165, 1.54) is 25.9 Å². The number of hydrogen-bond donors (Lipinski definition) is 1. The molecule has 18 heavy (non-hydrogen) atoms. The summed E-state index contributed by atoms with van der Waals surface area (Å²) in [5.41, 5.74) is 0. The first-order valence-corrected chi connectivity index (χ1v) is 7.54. The Hall–Kier alpha value is -0.160. The molecule has 0 aromatic rings. The first-order chi connectivity index (χ1) is 8.77. The minimum atomic E-state index is 0.708. The monoisotopic (exact) mass is 255 g/mol. The molecule has 0 aromatic heterocycles. The zero-order valence-corrected chi connectivity index (χ0v) is 12.0. The molecule has 2 aliphatic rings. The molecule has 2 unspecified atom stereocenters. The fourth-order valence-corrected chi connectivity index (χ4v) is 2.99. The molecule has 0 radical (unpaired) electrons. The van der Waals surface area contributed by atoms with Gasteiger partial charge < -0.3 is 10.1 Å². The number of hydrogen-bond acceptors (Lipinski definition) is 4. The van der Waals surface area contributed by atoms with Crippen molar-refractivity contribution in [1.82, 2.24) is 15.1 Å². The minimum absolute atomic E-state index is 0.708. The summed E-state index contributed by atoms with van der Waals surface area (Å²) in [5, 5.41) is 3.42. The molecule has 2 aliphatic heterocycles. The zero-order chi connectivity index (χ0) is 12.8. The van der Waals surface area contributed by atoms with Gasteiger partial charge in [0, 0.05) is 51.4 Å². The lowest BCUT2D eigenvalue weighted by molar-refractivity contribution is 0.0166. The van der Waals surface area contributed by atoms with Crippen LogP contribution in [0.4, 0.5) is 0 Å². The lowest BCUT2D eigenvalue weighted by Gasteiger charge is -2.36. The Morgan fingerprint density at radius 2 is 1.39 bits per heavy atom. The van der Waals surface area contributed by atoms with Gasteiger partial charge >= 0.3 is 0 Å². The first kappa shape index (κ1) is 14.3. The maximum atomic E-state index is 5.41. The van der Waals surface area contributed by atoms with Gasteiger partial charge in [-0.1, -0.05) is 0 Å². The van der Waals surface area contributed by atoms with E-state index >= 15 is 0 Å². The highest BCUT2D eigenvalue weighted by Crippen LogP contribution is 2.14. The molecule has 0 aromatic carbocycles. The molecule has 2 atom stereocenters. The van der Waals surface area contributed by atoms with Gasteiger partial charge in [-0.25, -0.2) is 0 Å². The molecule has 0 bridgehead atoms. The number of rotatable bonds is 5. The average Bonchev–Trinajstić information content (AvgIpc) is 2.46. The third-order valence-corrected chi connectivity index (χ3v) is 4.45. The third kappa shape index (κ3) is 4.19. The van der Waals surface area contributed by atoms with Gasteiger partial charge in [0.2, 0.25) is 0 Å². The maximum Gasteiger partial charge on any atom is 0.0594 e. The van der Waals surface area contributed by atoms with Crippen LogP contribution < -0.4 is 5.32 Å². The minimum Gasteiger partial charge on any atom is -0.379 e. The van der Waals surface area contributed by atoms with Gasteiger partial charge in [0.25, 0.3) is 0 Å². The predicted octanol–water partition coefficient (Wildman–Crippen LogP) is 0.781. The highest BCUT2D eigenvalue weighted by molar-refractivity contribution is 4.76. The van der Waals surface area contributed by atoms with Crippen LogP contribution in [0, 0.1) is 0 Å². The Labute approximate surface area is 112 Å². The van der Waals surface area contributed by atoms with Gasteiger partial charge in [-0.15, -0.1) is 0 Å². The summed E-state index contributed by atoms with van der Waals surface area (Å²) in [4.78, 5) is 5.20. The highest BCUT2D eigenvalue weighted by Gasteiger charge is 2.20. The number of nitrogens with one attached hydrogen (secondary N) is 1. The standard InChI is InChI=1S/C14H29N3O/c1-13(16-7-5-15-6-8-16)3-4-14(2)17-9-11-18-12-10-17/h13-15H,3-12H2,1-2H3. The Balaban J connectivity index is 1.66. The molecule has 0 amide bonds. The van der Waals surface area contributed by atoms with Crippen molar-refractivity contribution in [3.8, 4) is 0 Å². The molecule has 2 rings (SSSR count). The van der Waals surface area contributed by atoms with Crippen LogP contribution in [0.3, 0.4) is 0 Å². The molecule has 4 heteroatoms. The Morgan fingerprint density at radius 3 is 1.94 bits per heavy atom. The molecule has 1 N–H and O–H groups in total. The van der Waals surface area contributed by atoms with E-state index in [0.29, 0.717) is 6.04 Å². The first-order valence-electron chi connectivity index (χ1n) is 7.54. The van der Waals surface area contributed by atoms with E-state index in [4.69, 9.17) is 4.74 Å². The van der Waals surface area contributed by atoms with Crippen molar-refractivity contribution in [2.75, 3.05) is 52.5 Å². The number of piperazine rings is 1. The lowest BCUT2D eigenvalue weighted by atomic mass is 10.1. The molecule has 2 heterocycles. The largest absolute Gasteiger partial charge is 0.379 e. The van der Waals surface area contributed by atoms with E-state index in [2.05, 4.69) is 29.0 Å². The number of ether oxygens (including phenoxy) is 1. The fourth-order valence-electron chi connectivity index (χ4n) is 2.99. The normalized spacial score (nSPS) is 27.0. The molecule has 4 nitrogen and oxygen atoms in total. The van der Waals surface area contributed by atoms with E-state index in [0.717, 1.165) is 45.4 Å². The molecular formula is C14H29N3O. The van der Waals surface area contributed by atoms with E-state index in [1.807, 2.05) is 0 Å². The Kier molecular flexibility index (Phi) is 5.89. The van der Waals surface area contributed by atoms with Crippen LogP contribution in [0.1, 0.15) is 26.7 Å². The average molecular weight is 255 g/mol. The van der Waals surface area contributed by atoms with E-state index in [9.17, 15) is 0 Å². The number of morpholine rings is 1. The smallest absolute Gasteiger partial charge is 0.0594 e. The summed E-state index contributed by atoms with van der Waals surface area (Å²) in [7, 11) is 0. The van der Waals surface area contributed by atoms with Crippen LogP contribution in [-0.2, 0) is 4.74 Å². The molecule has 106 valence electrons. The summed E-state index contributed by atoms with van der Waals surface area (Å²) < 4.78 is 5.41. The fraction of sp³-hybridized carbons (Fsp3) is 1.00. The van der Waals surface area contributed by atoms with Gasteiger partial charge in [0.15, 0.2) is 0 Å². The van der Waals surface area contributed by atoms with Crippen molar-refractivity contribution >= 4 is 0 Å². The highest BCUT2D eigenvalue weighted by atomic mass is 16.5. The number of nitrogens with zero attached hydrogens (tertiary/aromatic N) is 2. The molecule has 0 spiro atoms. The molecule has 0 saturated carbocycles.